The van der Waals surface area contributed by atoms with E-state index in [0.717, 1.165) is 16.7 Å². The molecule has 2 rings (SSSR count). The van der Waals surface area contributed by atoms with Gasteiger partial charge in [-0.3, -0.25) is 0 Å². The van der Waals surface area contributed by atoms with Gasteiger partial charge in [0.2, 0.25) is 0 Å². The van der Waals surface area contributed by atoms with Crippen molar-refractivity contribution >= 4 is 17.3 Å². The predicted molar refractivity (Wildman–Crippen MR) is 74.9 cm³/mol. The van der Waals surface area contributed by atoms with Crippen molar-refractivity contribution in [1.29, 1.82) is 0 Å². The smallest absolute Gasteiger partial charge is 0.164 e. The van der Waals surface area contributed by atoms with E-state index in [0.29, 0.717) is 5.82 Å². The van der Waals surface area contributed by atoms with Gasteiger partial charge in [-0.15, -0.1) is 0 Å². The average Bonchev–Trinajstić information content (AvgIpc) is 2.24. The Hall–Kier alpha value is -2.30. The number of nitrogens with two attached hydrogens (primary N) is 3. The molecule has 0 bridgehead atoms. The lowest BCUT2D eigenvalue weighted by Crippen LogP contribution is -2.07. The molecule has 1 heterocycles. The Morgan fingerprint density at radius 1 is 0.833 bits per heavy atom. The normalized spacial score (nSPS) is 10.6. The van der Waals surface area contributed by atoms with Crippen LogP contribution in [-0.4, -0.2) is 9.97 Å². The zero-order valence-corrected chi connectivity index (χ0v) is 10.8. The van der Waals surface area contributed by atoms with E-state index in [2.05, 4.69) is 29.0 Å². The molecule has 94 valence electrons. The third-order valence-corrected chi connectivity index (χ3v) is 2.91. The standard InChI is InChI=1S/C13H17N5/c1-6-4-7(2)9(8(3)5-6)13-17-11(15)10(14)12(16)18-13/h4-5H,14H2,1-3H3,(H4,15,16,17,18). The highest BCUT2D eigenvalue weighted by atomic mass is 15.0. The molecule has 0 saturated heterocycles. The molecule has 18 heavy (non-hydrogen) atoms. The van der Waals surface area contributed by atoms with Crippen LogP contribution in [0.5, 0.6) is 0 Å². The number of aryl methyl sites for hydroxylation is 3. The van der Waals surface area contributed by atoms with Gasteiger partial charge in [0.25, 0.3) is 0 Å². The second-order valence-corrected chi connectivity index (χ2v) is 4.51. The molecule has 0 unspecified atom stereocenters. The summed E-state index contributed by atoms with van der Waals surface area (Å²) in [6, 6.07) is 4.16. The van der Waals surface area contributed by atoms with E-state index in [-0.39, 0.29) is 17.3 Å². The Morgan fingerprint density at radius 2 is 1.28 bits per heavy atom. The van der Waals surface area contributed by atoms with E-state index in [9.17, 15) is 0 Å². The Balaban J connectivity index is 2.70. The summed E-state index contributed by atoms with van der Waals surface area (Å²) >= 11 is 0. The summed E-state index contributed by atoms with van der Waals surface area (Å²) < 4.78 is 0. The second kappa shape index (κ2) is 4.18. The predicted octanol–water partition coefficient (Wildman–Crippen LogP) is 1.82. The van der Waals surface area contributed by atoms with Gasteiger partial charge in [0.15, 0.2) is 17.5 Å². The largest absolute Gasteiger partial charge is 0.393 e. The minimum absolute atomic E-state index is 0.219. The molecule has 0 spiro atoms. The van der Waals surface area contributed by atoms with Crippen molar-refractivity contribution in [3.8, 4) is 11.4 Å². The van der Waals surface area contributed by atoms with Crippen LogP contribution in [0.25, 0.3) is 11.4 Å². The number of anilines is 3. The molecule has 1 aromatic heterocycles. The number of hydrogen-bond acceptors (Lipinski definition) is 5. The first-order chi connectivity index (χ1) is 8.40. The van der Waals surface area contributed by atoms with Crippen LogP contribution in [0.4, 0.5) is 17.3 Å². The fourth-order valence-electron chi connectivity index (χ4n) is 2.15. The van der Waals surface area contributed by atoms with Crippen LogP contribution < -0.4 is 17.2 Å². The van der Waals surface area contributed by atoms with Crippen molar-refractivity contribution in [2.45, 2.75) is 20.8 Å². The van der Waals surface area contributed by atoms with Crippen molar-refractivity contribution in [2.75, 3.05) is 17.2 Å². The van der Waals surface area contributed by atoms with Gasteiger partial charge in [-0.2, -0.15) is 0 Å². The molecule has 0 fully saturated rings. The minimum atomic E-state index is 0.219. The molecule has 0 radical (unpaired) electrons. The summed E-state index contributed by atoms with van der Waals surface area (Å²) in [5.41, 5.74) is 21.7. The van der Waals surface area contributed by atoms with E-state index in [1.54, 1.807) is 0 Å². The van der Waals surface area contributed by atoms with Gasteiger partial charge in [0.1, 0.15) is 5.69 Å². The van der Waals surface area contributed by atoms with Gasteiger partial charge in [-0.1, -0.05) is 17.7 Å². The van der Waals surface area contributed by atoms with Crippen LogP contribution in [0.15, 0.2) is 12.1 Å². The van der Waals surface area contributed by atoms with Crippen molar-refractivity contribution in [3.05, 3.63) is 28.8 Å². The maximum absolute atomic E-state index is 5.73. The number of benzene rings is 1. The van der Waals surface area contributed by atoms with Gasteiger partial charge in [-0.25, -0.2) is 9.97 Å². The van der Waals surface area contributed by atoms with Gasteiger partial charge in [0, 0.05) is 5.56 Å². The number of hydrogen-bond donors (Lipinski definition) is 3. The summed E-state index contributed by atoms with van der Waals surface area (Å²) in [6.07, 6.45) is 0. The molecule has 1 aromatic carbocycles. The summed E-state index contributed by atoms with van der Waals surface area (Å²) in [7, 11) is 0. The highest BCUT2D eigenvalue weighted by Crippen LogP contribution is 2.29. The number of nitrogens with zero attached hydrogens (tertiary/aromatic N) is 2. The zero-order valence-electron chi connectivity index (χ0n) is 10.8. The molecule has 0 aliphatic heterocycles. The maximum Gasteiger partial charge on any atom is 0.164 e. The highest BCUT2D eigenvalue weighted by Gasteiger charge is 2.13. The van der Waals surface area contributed by atoms with Crippen molar-refractivity contribution in [2.24, 2.45) is 0 Å². The molecule has 0 atom stereocenters. The van der Waals surface area contributed by atoms with Crippen LogP contribution >= 0.6 is 0 Å². The summed E-state index contributed by atoms with van der Waals surface area (Å²) in [5, 5.41) is 0. The van der Waals surface area contributed by atoms with E-state index < -0.39 is 0 Å². The fraction of sp³-hybridized carbons (Fsp3) is 0.231. The fourth-order valence-corrected chi connectivity index (χ4v) is 2.15. The van der Waals surface area contributed by atoms with Crippen molar-refractivity contribution < 1.29 is 0 Å². The van der Waals surface area contributed by atoms with Gasteiger partial charge in [-0.05, 0) is 31.9 Å². The molecule has 0 amide bonds. The number of rotatable bonds is 1. The van der Waals surface area contributed by atoms with Crippen LogP contribution in [0.2, 0.25) is 0 Å². The molecule has 0 saturated carbocycles. The van der Waals surface area contributed by atoms with Crippen LogP contribution in [0.3, 0.4) is 0 Å². The molecule has 6 N–H and O–H groups in total. The molecule has 0 aliphatic rings. The van der Waals surface area contributed by atoms with Crippen LogP contribution in [0.1, 0.15) is 16.7 Å². The molecule has 0 aliphatic carbocycles. The maximum atomic E-state index is 5.73. The van der Waals surface area contributed by atoms with Crippen LogP contribution in [0, 0.1) is 20.8 Å². The molecule has 5 heteroatoms. The lowest BCUT2D eigenvalue weighted by molar-refractivity contribution is 1.17. The Kier molecular flexibility index (Phi) is 2.82. The Labute approximate surface area is 106 Å². The van der Waals surface area contributed by atoms with E-state index in [4.69, 9.17) is 17.2 Å². The third kappa shape index (κ3) is 1.95. The van der Waals surface area contributed by atoms with Crippen LogP contribution in [-0.2, 0) is 0 Å². The molecular weight excluding hydrogens is 226 g/mol. The first-order valence-electron chi connectivity index (χ1n) is 5.67. The minimum Gasteiger partial charge on any atom is -0.393 e. The third-order valence-electron chi connectivity index (χ3n) is 2.91. The first kappa shape index (κ1) is 12.2. The quantitative estimate of drug-likeness (QED) is 0.708. The number of nitrogen functional groups attached to an aromatic ring is 3. The van der Waals surface area contributed by atoms with E-state index in [1.165, 1.54) is 5.56 Å². The Bertz CT molecular complexity index is 573. The summed E-state index contributed by atoms with van der Waals surface area (Å²) in [6.45, 7) is 6.08. The molecule has 5 nitrogen and oxygen atoms in total. The second-order valence-electron chi connectivity index (χ2n) is 4.51. The van der Waals surface area contributed by atoms with Crippen molar-refractivity contribution in [1.82, 2.24) is 9.97 Å². The average molecular weight is 243 g/mol. The number of aromatic nitrogens is 2. The molecular formula is C13H17N5. The van der Waals surface area contributed by atoms with E-state index in [1.807, 2.05) is 13.8 Å². The van der Waals surface area contributed by atoms with Gasteiger partial charge in [0.05, 0.1) is 0 Å². The van der Waals surface area contributed by atoms with Crippen molar-refractivity contribution in [3.63, 3.8) is 0 Å². The lowest BCUT2D eigenvalue weighted by Gasteiger charge is -2.12. The first-order valence-corrected chi connectivity index (χ1v) is 5.67. The summed E-state index contributed by atoms with van der Waals surface area (Å²) in [5.74, 6) is 0.961. The lowest BCUT2D eigenvalue weighted by atomic mass is 9.99. The molecule has 2 aromatic rings. The van der Waals surface area contributed by atoms with E-state index >= 15 is 0 Å². The Morgan fingerprint density at radius 3 is 1.72 bits per heavy atom. The highest BCUT2D eigenvalue weighted by molar-refractivity contribution is 5.76. The topological polar surface area (TPSA) is 104 Å². The zero-order chi connectivity index (χ0) is 13.4. The summed E-state index contributed by atoms with van der Waals surface area (Å²) in [4.78, 5) is 8.43. The van der Waals surface area contributed by atoms with Gasteiger partial charge >= 0.3 is 0 Å². The monoisotopic (exact) mass is 243 g/mol. The SMILES string of the molecule is Cc1cc(C)c(-c2nc(N)c(N)c(N)n2)c(C)c1. The van der Waals surface area contributed by atoms with Gasteiger partial charge < -0.3 is 17.2 Å².